The molecule has 0 unspecified atom stereocenters. The number of rotatable bonds is 6. The molecule has 0 saturated heterocycles. The zero-order valence-corrected chi connectivity index (χ0v) is 16.0. The van der Waals surface area contributed by atoms with Crippen LogP contribution in [0.3, 0.4) is 0 Å². The Morgan fingerprint density at radius 2 is 1.90 bits per heavy atom. The first-order chi connectivity index (χ1) is 10.0. The van der Waals surface area contributed by atoms with Crippen LogP contribution in [0.5, 0.6) is 0 Å². The number of halogens is 2. The normalized spacial score (nSPS) is 11.9. The van der Waals surface area contributed by atoms with Crippen molar-refractivity contribution >= 4 is 31.9 Å². The second kappa shape index (κ2) is 7.10. The molecule has 21 heavy (non-hydrogen) atoms. The molecule has 1 aromatic carbocycles. The van der Waals surface area contributed by atoms with Crippen molar-refractivity contribution in [2.75, 3.05) is 10.7 Å². The standard InChI is InChI=1S/C17H22Br2N2/c1-4-15-9-16(21(3)20-15)10-17(11-18,12-19)14-7-5-6-13(2)8-14/h5-9H,4,10-12H2,1-3H3. The number of alkyl halides is 2. The van der Waals surface area contributed by atoms with Gasteiger partial charge in [-0.25, -0.2) is 0 Å². The molecule has 0 atom stereocenters. The van der Waals surface area contributed by atoms with Crippen molar-refractivity contribution in [1.82, 2.24) is 9.78 Å². The molecule has 0 aliphatic heterocycles. The van der Waals surface area contributed by atoms with Gasteiger partial charge in [-0.15, -0.1) is 0 Å². The van der Waals surface area contributed by atoms with E-state index in [0.29, 0.717) is 0 Å². The van der Waals surface area contributed by atoms with Crippen molar-refractivity contribution < 1.29 is 0 Å². The van der Waals surface area contributed by atoms with Crippen LogP contribution in [-0.2, 0) is 25.3 Å². The Morgan fingerprint density at radius 3 is 2.43 bits per heavy atom. The second-order valence-corrected chi connectivity index (χ2v) is 6.82. The highest BCUT2D eigenvalue weighted by Gasteiger charge is 2.31. The molecule has 0 aliphatic carbocycles. The van der Waals surface area contributed by atoms with Crippen molar-refractivity contribution in [2.24, 2.45) is 7.05 Å². The number of aromatic nitrogens is 2. The Kier molecular flexibility index (Phi) is 5.67. The van der Waals surface area contributed by atoms with E-state index in [1.807, 2.05) is 11.7 Å². The highest BCUT2D eigenvalue weighted by Crippen LogP contribution is 2.33. The highest BCUT2D eigenvalue weighted by molar-refractivity contribution is 9.09. The fraction of sp³-hybridized carbons (Fsp3) is 0.471. The monoisotopic (exact) mass is 412 g/mol. The summed E-state index contributed by atoms with van der Waals surface area (Å²) in [7, 11) is 2.04. The van der Waals surface area contributed by atoms with Gasteiger partial charge in [0.15, 0.2) is 0 Å². The van der Waals surface area contributed by atoms with Crippen molar-refractivity contribution in [1.29, 1.82) is 0 Å². The number of hydrogen-bond donors (Lipinski definition) is 0. The summed E-state index contributed by atoms with van der Waals surface area (Å²) in [5.41, 5.74) is 5.17. The predicted molar refractivity (Wildman–Crippen MR) is 96.7 cm³/mol. The molecule has 1 aromatic heterocycles. The van der Waals surface area contributed by atoms with Crippen LogP contribution in [0, 0.1) is 6.92 Å². The fourth-order valence-electron chi connectivity index (χ4n) is 2.62. The Balaban J connectivity index is 2.40. The molecule has 1 heterocycles. The Hall–Kier alpha value is -0.610. The molecule has 0 amide bonds. The molecule has 0 radical (unpaired) electrons. The van der Waals surface area contributed by atoms with Crippen LogP contribution < -0.4 is 0 Å². The maximum absolute atomic E-state index is 4.58. The van der Waals surface area contributed by atoms with E-state index < -0.39 is 0 Å². The van der Waals surface area contributed by atoms with E-state index in [2.05, 4.69) is 81.1 Å². The lowest BCUT2D eigenvalue weighted by Crippen LogP contribution is -2.33. The van der Waals surface area contributed by atoms with Crippen molar-refractivity contribution in [3.8, 4) is 0 Å². The van der Waals surface area contributed by atoms with Gasteiger partial charge in [-0.3, -0.25) is 4.68 Å². The van der Waals surface area contributed by atoms with E-state index in [9.17, 15) is 0 Å². The SMILES string of the molecule is CCc1cc(CC(CBr)(CBr)c2cccc(C)c2)n(C)n1. The van der Waals surface area contributed by atoms with Gasteiger partial charge in [-0.05, 0) is 25.0 Å². The maximum atomic E-state index is 4.58. The molecule has 0 aliphatic rings. The third-order valence-corrected chi connectivity index (χ3v) is 6.20. The molecule has 0 spiro atoms. The maximum Gasteiger partial charge on any atom is 0.0624 e. The Morgan fingerprint density at radius 1 is 1.19 bits per heavy atom. The number of aryl methyl sites for hydroxylation is 3. The number of nitrogens with zero attached hydrogens (tertiary/aromatic N) is 2. The second-order valence-electron chi connectivity index (χ2n) is 5.70. The van der Waals surface area contributed by atoms with Crippen LogP contribution in [0.25, 0.3) is 0 Å². The summed E-state index contributed by atoms with van der Waals surface area (Å²) in [5, 5.41) is 6.42. The number of hydrogen-bond acceptors (Lipinski definition) is 1. The van der Waals surface area contributed by atoms with Gasteiger partial charge in [-0.2, -0.15) is 5.10 Å². The minimum atomic E-state index is 0.0465. The van der Waals surface area contributed by atoms with Gasteiger partial charge >= 0.3 is 0 Å². The lowest BCUT2D eigenvalue weighted by Gasteiger charge is -2.31. The van der Waals surface area contributed by atoms with E-state index in [4.69, 9.17) is 0 Å². The largest absolute Gasteiger partial charge is 0.272 e. The molecule has 0 saturated carbocycles. The fourth-order valence-corrected chi connectivity index (χ4v) is 4.59. The van der Waals surface area contributed by atoms with E-state index >= 15 is 0 Å². The summed E-state index contributed by atoms with van der Waals surface area (Å²) in [6.45, 7) is 4.30. The molecule has 0 fully saturated rings. The minimum absolute atomic E-state index is 0.0465. The topological polar surface area (TPSA) is 17.8 Å². The first-order valence-electron chi connectivity index (χ1n) is 7.25. The van der Waals surface area contributed by atoms with E-state index in [1.54, 1.807) is 0 Å². The lowest BCUT2D eigenvalue weighted by molar-refractivity contribution is 0.522. The van der Waals surface area contributed by atoms with Crippen LogP contribution >= 0.6 is 31.9 Å². The zero-order valence-electron chi connectivity index (χ0n) is 12.9. The quantitative estimate of drug-likeness (QED) is 0.634. The summed E-state index contributed by atoms with van der Waals surface area (Å²) in [4.78, 5) is 0. The molecule has 2 nitrogen and oxygen atoms in total. The van der Waals surface area contributed by atoms with Crippen LogP contribution in [-0.4, -0.2) is 20.4 Å². The highest BCUT2D eigenvalue weighted by atomic mass is 79.9. The van der Waals surface area contributed by atoms with Gasteiger partial charge in [0, 0.05) is 35.2 Å². The first kappa shape index (κ1) is 16.8. The summed E-state index contributed by atoms with van der Waals surface area (Å²) in [6.07, 6.45) is 1.95. The summed E-state index contributed by atoms with van der Waals surface area (Å²) in [5.74, 6) is 0. The molecular weight excluding hydrogens is 392 g/mol. The molecule has 2 rings (SSSR count). The number of benzene rings is 1. The molecule has 114 valence electrons. The van der Waals surface area contributed by atoms with Gasteiger partial charge in [0.05, 0.1) is 5.69 Å². The molecule has 2 aromatic rings. The van der Waals surface area contributed by atoms with Gasteiger partial charge in [0.25, 0.3) is 0 Å². The van der Waals surface area contributed by atoms with Gasteiger partial charge in [-0.1, -0.05) is 68.6 Å². The third kappa shape index (κ3) is 3.59. The van der Waals surface area contributed by atoms with Crippen molar-refractivity contribution in [2.45, 2.75) is 32.1 Å². The van der Waals surface area contributed by atoms with E-state index in [-0.39, 0.29) is 5.41 Å². The first-order valence-corrected chi connectivity index (χ1v) is 9.50. The van der Waals surface area contributed by atoms with Gasteiger partial charge < -0.3 is 0 Å². The average molecular weight is 414 g/mol. The zero-order chi connectivity index (χ0) is 15.5. The summed E-state index contributed by atoms with van der Waals surface area (Å²) < 4.78 is 2.02. The van der Waals surface area contributed by atoms with Crippen LogP contribution in [0.15, 0.2) is 30.3 Å². The van der Waals surface area contributed by atoms with E-state index in [0.717, 1.165) is 29.2 Å². The molecular formula is C17H22Br2N2. The van der Waals surface area contributed by atoms with Crippen LogP contribution in [0.1, 0.15) is 29.4 Å². The van der Waals surface area contributed by atoms with Crippen LogP contribution in [0.2, 0.25) is 0 Å². The predicted octanol–water partition coefficient (Wildman–Crippen LogP) is 4.56. The average Bonchev–Trinajstić information content (AvgIpc) is 2.85. The molecule has 0 bridgehead atoms. The van der Waals surface area contributed by atoms with Crippen LogP contribution in [0.4, 0.5) is 0 Å². The van der Waals surface area contributed by atoms with E-state index in [1.165, 1.54) is 16.8 Å². The smallest absolute Gasteiger partial charge is 0.0624 e. The molecule has 0 N–H and O–H groups in total. The van der Waals surface area contributed by atoms with Crippen molar-refractivity contribution in [3.63, 3.8) is 0 Å². The summed E-state index contributed by atoms with van der Waals surface area (Å²) in [6, 6.07) is 11.0. The lowest BCUT2D eigenvalue weighted by atomic mass is 9.80. The minimum Gasteiger partial charge on any atom is -0.272 e. The van der Waals surface area contributed by atoms with Crippen molar-refractivity contribution in [3.05, 3.63) is 52.8 Å². The Labute approximate surface area is 144 Å². The third-order valence-electron chi connectivity index (χ3n) is 4.05. The molecule has 4 heteroatoms. The van der Waals surface area contributed by atoms with Gasteiger partial charge in [0.1, 0.15) is 0 Å². The Bertz CT molecular complexity index is 601. The summed E-state index contributed by atoms with van der Waals surface area (Å²) >= 11 is 7.48. The van der Waals surface area contributed by atoms with Gasteiger partial charge in [0.2, 0.25) is 0 Å².